The molecular formula is C17H15NO4S. The molecule has 23 heavy (non-hydrogen) atoms. The lowest BCUT2D eigenvalue weighted by atomic mass is 10.1. The van der Waals surface area contributed by atoms with Crippen LogP contribution in [0.1, 0.15) is 11.5 Å². The summed E-state index contributed by atoms with van der Waals surface area (Å²) < 4.78 is 35.4. The highest BCUT2D eigenvalue weighted by molar-refractivity contribution is 7.87. The topological polar surface area (TPSA) is 69.4 Å². The van der Waals surface area contributed by atoms with E-state index in [-0.39, 0.29) is 22.1 Å². The second kappa shape index (κ2) is 5.89. The fourth-order valence-electron chi connectivity index (χ4n) is 2.39. The predicted octanol–water partition coefficient (Wildman–Crippen LogP) is 3.73. The van der Waals surface area contributed by atoms with Crippen LogP contribution in [0.5, 0.6) is 5.75 Å². The molecule has 0 amide bonds. The first-order valence-corrected chi connectivity index (χ1v) is 8.41. The Morgan fingerprint density at radius 2 is 1.61 bits per heavy atom. The summed E-state index contributed by atoms with van der Waals surface area (Å²) >= 11 is 0. The zero-order chi connectivity index (χ0) is 16.4. The minimum Gasteiger partial charge on any atom is -0.378 e. The summed E-state index contributed by atoms with van der Waals surface area (Å²) in [5.74, 6) is 0.471. The SMILES string of the molecule is Cc1noc(C)c1S(=O)(=O)Oc1ccccc1-c1ccccc1. The maximum Gasteiger partial charge on any atom is 0.344 e. The van der Waals surface area contributed by atoms with Crippen molar-refractivity contribution in [2.24, 2.45) is 0 Å². The van der Waals surface area contributed by atoms with E-state index in [4.69, 9.17) is 8.71 Å². The van der Waals surface area contributed by atoms with Crippen molar-refractivity contribution in [3.8, 4) is 16.9 Å². The Bertz CT molecular complexity index is 911. The van der Waals surface area contributed by atoms with Gasteiger partial charge in [0.15, 0.2) is 16.4 Å². The van der Waals surface area contributed by atoms with Crippen LogP contribution in [0.15, 0.2) is 64.0 Å². The highest BCUT2D eigenvalue weighted by Gasteiger charge is 2.27. The number of benzene rings is 2. The molecule has 0 saturated heterocycles. The van der Waals surface area contributed by atoms with Crippen molar-refractivity contribution in [3.05, 3.63) is 66.1 Å². The third-order valence-corrected chi connectivity index (χ3v) is 4.87. The molecule has 0 unspecified atom stereocenters. The van der Waals surface area contributed by atoms with Gasteiger partial charge in [0, 0.05) is 5.56 Å². The lowest BCUT2D eigenvalue weighted by molar-refractivity contribution is 0.390. The smallest absolute Gasteiger partial charge is 0.344 e. The van der Waals surface area contributed by atoms with Gasteiger partial charge in [-0.1, -0.05) is 53.7 Å². The van der Waals surface area contributed by atoms with Crippen molar-refractivity contribution >= 4 is 10.1 Å². The largest absolute Gasteiger partial charge is 0.378 e. The fraction of sp³-hybridized carbons (Fsp3) is 0.118. The molecule has 0 spiro atoms. The van der Waals surface area contributed by atoms with Gasteiger partial charge in [0.1, 0.15) is 5.69 Å². The van der Waals surface area contributed by atoms with Crippen molar-refractivity contribution in [1.29, 1.82) is 0 Å². The summed E-state index contributed by atoms with van der Waals surface area (Å²) in [6.07, 6.45) is 0. The number of rotatable bonds is 4. The van der Waals surface area contributed by atoms with Crippen LogP contribution in [-0.2, 0) is 10.1 Å². The van der Waals surface area contributed by atoms with Crippen LogP contribution in [0, 0.1) is 13.8 Å². The van der Waals surface area contributed by atoms with Gasteiger partial charge in [0.25, 0.3) is 0 Å². The lowest BCUT2D eigenvalue weighted by Crippen LogP contribution is -2.12. The third-order valence-electron chi connectivity index (χ3n) is 3.39. The van der Waals surface area contributed by atoms with Crippen LogP contribution in [0.3, 0.4) is 0 Å². The minimum absolute atomic E-state index is 0.0274. The number of aryl methyl sites for hydroxylation is 2. The Morgan fingerprint density at radius 1 is 0.957 bits per heavy atom. The van der Waals surface area contributed by atoms with E-state index >= 15 is 0 Å². The lowest BCUT2D eigenvalue weighted by Gasteiger charge is -2.11. The standard InChI is InChI=1S/C17H15NO4S/c1-12-17(13(2)21-18-12)23(19,20)22-16-11-7-6-10-15(16)14-8-4-3-5-9-14/h3-11H,1-2H3. The second-order valence-corrected chi connectivity index (χ2v) is 6.54. The highest BCUT2D eigenvalue weighted by Crippen LogP contribution is 2.32. The van der Waals surface area contributed by atoms with Crippen molar-refractivity contribution in [2.45, 2.75) is 18.7 Å². The molecule has 0 aliphatic carbocycles. The van der Waals surface area contributed by atoms with Gasteiger partial charge in [-0.3, -0.25) is 0 Å². The van der Waals surface area contributed by atoms with Gasteiger partial charge >= 0.3 is 10.1 Å². The van der Waals surface area contributed by atoms with Crippen molar-refractivity contribution < 1.29 is 17.1 Å². The molecule has 3 aromatic rings. The zero-order valence-electron chi connectivity index (χ0n) is 12.7. The molecule has 0 atom stereocenters. The molecule has 1 heterocycles. The Kier molecular flexibility index (Phi) is 3.92. The number of hydrogen-bond acceptors (Lipinski definition) is 5. The Hall–Kier alpha value is -2.60. The van der Waals surface area contributed by atoms with E-state index in [2.05, 4.69) is 5.16 Å². The van der Waals surface area contributed by atoms with E-state index < -0.39 is 10.1 Å². The van der Waals surface area contributed by atoms with Crippen LogP contribution in [-0.4, -0.2) is 13.6 Å². The Balaban J connectivity index is 2.05. The second-order valence-electron chi connectivity index (χ2n) is 5.05. The van der Waals surface area contributed by atoms with Gasteiger partial charge < -0.3 is 8.71 Å². The minimum atomic E-state index is -4.02. The molecule has 118 valence electrons. The summed E-state index contributed by atoms with van der Waals surface area (Å²) in [5.41, 5.74) is 1.85. The summed E-state index contributed by atoms with van der Waals surface area (Å²) in [6, 6.07) is 16.4. The molecule has 1 aromatic heterocycles. The average molecular weight is 329 g/mol. The summed E-state index contributed by atoms with van der Waals surface area (Å²) in [4.78, 5) is -0.0274. The highest BCUT2D eigenvalue weighted by atomic mass is 32.2. The van der Waals surface area contributed by atoms with Crippen LogP contribution < -0.4 is 4.18 Å². The Labute approximate surface area is 134 Å². The molecule has 2 aromatic carbocycles. The molecule has 0 saturated carbocycles. The van der Waals surface area contributed by atoms with Gasteiger partial charge in [0.05, 0.1) is 0 Å². The maximum absolute atomic E-state index is 12.6. The number of nitrogens with zero attached hydrogens (tertiary/aromatic N) is 1. The molecular weight excluding hydrogens is 314 g/mol. The monoisotopic (exact) mass is 329 g/mol. The molecule has 0 aliphatic heterocycles. The van der Waals surface area contributed by atoms with Crippen molar-refractivity contribution in [1.82, 2.24) is 5.16 Å². The Morgan fingerprint density at radius 3 is 2.26 bits per heavy atom. The third kappa shape index (κ3) is 2.98. The van der Waals surface area contributed by atoms with E-state index in [1.54, 1.807) is 26.0 Å². The van der Waals surface area contributed by atoms with Gasteiger partial charge in [-0.05, 0) is 25.5 Å². The van der Waals surface area contributed by atoms with Gasteiger partial charge in [0.2, 0.25) is 0 Å². The average Bonchev–Trinajstić information content (AvgIpc) is 2.88. The first-order valence-electron chi connectivity index (χ1n) is 7.01. The quantitative estimate of drug-likeness (QED) is 0.682. The normalized spacial score (nSPS) is 11.4. The van der Waals surface area contributed by atoms with Crippen molar-refractivity contribution in [2.75, 3.05) is 0 Å². The van der Waals surface area contributed by atoms with Crippen LogP contribution in [0.25, 0.3) is 11.1 Å². The molecule has 6 heteroatoms. The van der Waals surface area contributed by atoms with E-state index in [9.17, 15) is 8.42 Å². The summed E-state index contributed by atoms with van der Waals surface area (Å²) in [7, 11) is -4.02. The first kappa shape index (κ1) is 15.3. The molecule has 3 rings (SSSR count). The molecule has 0 aliphatic rings. The van der Waals surface area contributed by atoms with Gasteiger partial charge in [-0.2, -0.15) is 8.42 Å². The van der Waals surface area contributed by atoms with E-state index in [0.717, 1.165) is 5.56 Å². The van der Waals surface area contributed by atoms with Crippen molar-refractivity contribution in [3.63, 3.8) is 0 Å². The first-order chi connectivity index (χ1) is 11.0. The molecule has 0 N–H and O–H groups in total. The van der Waals surface area contributed by atoms with E-state index in [1.165, 1.54) is 0 Å². The van der Waals surface area contributed by atoms with Crippen LogP contribution in [0.2, 0.25) is 0 Å². The van der Waals surface area contributed by atoms with E-state index in [1.807, 2.05) is 42.5 Å². The zero-order valence-corrected chi connectivity index (χ0v) is 13.5. The number of aromatic nitrogens is 1. The summed E-state index contributed by atoms with van der Waals surface area (Å²) in [5, 5.41) is 3.67. The number of para-hydroxylation sites is 1. The fourth-order valence-corrected chi connectivity index (χ4v) is 3.64. The summed E-state index contributed by atoms with van der Waals surface area (Å²) in [6.45, 7) is 3.11. The molecule has 0 radical (unpaired) electrons. The van der Waals surface area contributed by atoms with E-state index in [0.29, 0.717) is 5.56 Å². The molecule has 5 nitrogen and oxygen atoms in total. The number of hydrogen-bond donors (Lipinski definition) is 0. The van der Waals surface area contributed by atoms with Crippen LogP contribution in [0.4, 0.5) is 0 Å². The maximum atomic E-state index is 12.6. The molecule has 0 bridgehead atoms. The predicted molar refractivity (Wildman–Crippen MR) is 85.7 cm³/mol. The molecule has 0 fully saturated rings. The van der Waals surface area contributed by atoms with Gasteiger partial charge in [-0.25, -0.2) is 0 Å². The van der Waals surface area contributed by atoms with Gasteiger partial charge in [-0.15, -0.1) is 0 Å². The van der Waals surface area contributed by atoms with Crippen LogP contribution >= 0.6 is 0 Å².